The summed E-state index contributed by atoms with van der Waals surface area (Å²) in [6, 6.07) is 13.1. The van der Waals surface area contributed by atoms with E-state index in [-0.39, 0.29) is 12.2 Å². The minimum atomic E-state index is -0.528. The van der Waals surface area contributed by atoms with Crippen LogP contribution < -0.4 is 4.74 Å². The second kappa shape index (κ2) is 6.18. The second-order valence-electron chi connectivity index (χ2n) is 4.45. The van der Waals surface area contributed by atoms with E-state index in [1.807, 2.05) is 6.07 Å². The Labute approximate surface area is 116 Å². The molecule has 2 rings (SSSR count). The van der Waals surface area contributed by atoms with Crippen LogP contribution in [0.2, 0.25) is 0 Å². The maximum Gasteiger partial charge on any atom is 0.131 e. The highest BCUT2D eigenvalue weighted by Gasteiger charge is 2.05. The van der Waals surface area contributed by atoms with Crippen LogP contribution in [-0.2, 0) is 6.61 Å². The molecule has 2 aromatic carbocycles. The van der Waals surface area contributed by atoms with Gasteiger partial charge in [0, 0.05) is 5.56 Å². The lowest BCUT2D eigenvalue weighted by Crippen LogP contribution is -1.99. The zero-order valence-corrected chi connectivity index (χ0v) is 11.0. The predicted octanol–water partition coefficient (Wildman–Crippen LogP) is 3.33. The number of hydrogen-bond donors (Lipinski definition) is 1. The van der Waals surface area contributed by atoms with Crippen LogP contribution in [0, 0.1) is 17.1 Å². The first-order valence-corrected chi connectivity index (χ1v) is 6.19. The van der Waals surface area contributed by atoms with Gasteiger partial charge in [0.05, 0.1) is 17.7 Å². The standard InChI is InChI=1S/C16H14FNO2/c1-11(19)13-4-6-15(7-5-13)20-10-14-3-2-12(9-18)8-16(14)17/h2-8,11,19H,10H2,1H3/t11-/m0/s1. The van der Waals surface area contributed by atoms with Crippen LogP contribution in [-0.4, -0.2) is 5.11 Å². The summed E-state index contributed by atoms with van der Waals surface area (Å²) in [6.07, 6.45) is -0.528. The molecule has 0 spiro atoms. The maximum atomic E-state index is 13.6. The molecule has 0 saturated carbocycles. The normalized spacial score (nSPS) is 11.7. The molecule has 0 aliphatic rings. The van der Waals surface area contributed by atoms with Crippen molar-refractivity contribution in [1.82, 2.24) is 0 Å². The maximum absolute atomic E-state index is 13.6. The van der Waals surface area contributed by atoms with Crippen molar-refractivity contribution in [2.24, 2.45) is 0 Å². The van der Waals surface area contributed by atoms with Gasteiger partial charge >= 0.3 is 0 Å². The molecule has 0 fully saturated rings. The van der Waals surface area contributed by atoms with Gasteiger partial charge in [-0.15, -0.1) is 0 Å². The Hall–Kier alpha value is -2.38. The van der Waals surface area contributed by atoms with Crippen molar-refractivity contribution in [3.05, 3.63) is 65.0 Å². The average molecular weight is 271 g/mol. The summed E-state index contributed by atoms with van der Waals surface area (Å²) in [6.45, 7) is 1.77. The van der Waals surface area contributed by atoms with Crippen LogP contribution >= 0.6 is 0 Å². The van der Waals surface area contributed by atoms with Crippen molar-refractivity contribution in [3.63, 3.8) is 0 Å². The first-order valence-electron chi connectivity index (χ1n) is 6.19. The van der Waals surface area contributed by atoms with Crippen LogP contribution in [0.4, 0.5) is 4.39 Å². The Morgan fingerprint density at radius 3 is 2.50 bits per heavy atom. The Balaban J connectivity index is 2.03. The van der Waals surface area contributed by atoms with E-state index in [9.17, 15) is 9.50 Å². The van der Waals surface area contributed by atoms with Gasteiger partial charge in [-0.25, -0.2) is 4.39 Å². The number of nitrogens with zero attached hydrogens (tertiary/aromatic N) is 1. The number of nitriles is 1. The van der Waals surface area contributed by atoms with Crippen molar-refractivity contribution in [3.8, 4) is 11.8 Å². The lowest BCUT2D eigenvalue weighted by Gasteiger charge is -2.09. The summed E-state index contributed by atoms with van der Waals surface area (Å²) in [5.41, 5.74) is 1.47. The molecule has 0 saturated heterocycles. The van der Waals surface area contributed by atoms with E-state index >= 15 is 0 Å². The molecule has 3 nitrogen and oxygen atoms in total. The third-order valence-corrected chi connectivity index (χ3v) is 2.94. The van der Waals surface area contributed by atoms with Gasteiger partial charge in [-0.3, -0.25) is 0 Å². The SMILES string of the molecule is C[C@H](O)c1ccc(OCc2ccc(C#N)cc2F)cc1. The Morgan fingerprint density at radius 2 is 1.95 bits per heavy atom. The van der Waals surface area contributed by atoms with E-state index in [1.54, 1.807) is 37.3 Å². The number of rotatable bonds is 4. The van der Waals surface area contributed by atoms with Crippen LogP contribution in [0.3, 0.4) is 0 Å². The Morgan fingerprint density at radius 1 is 1.25 bits per heavy atom. The van der Waals surface area contributed by atoms with E-state index in [2.05, 4.69) is 0 Å². The molecule has 0 unspecified atom stereocenters. The van der Waals surface area contributed by atoms with Gasteiger partial charge < -0.3 is 9.84 Å². The van der Waals surface area contributed by atoms with Crippen molar-refractivity contribution < 1.29 is 14.2 Å². The topological polar surface area (TPSA) is 53.2 Å². The number of hydrogen-bond acceptors (Lipinski definition) is 3. The van der Waals surface area contributed by atoms with Crippen molar-refractivity contribution >= 4 is 0 Å². The summed E-state index contributed by atoms with van der Waals surface area (Å²) in [5.74, 6) is 0.141. The Kier molecular flexibility index (Phi) is 4.34. The lowest BCUT2D eigenvalue weighted by molar-refractivity contribution is 0.199. The molecule has 0 aromatic heterocycles. The van der Waals surface area contributed by atoms with Gasteiger partial charge in [0.25, 0.3) is 0 Å². The lowest BCUT2D eigenvalue weighted by atomic mass is 10.1. The van der Waals surface area contributed by atoms with Gasteiger partial charge in [0.15, 0.2) is 0 Å². The van der Waals surface area contributed by atoms with Crippen molar-refractivity contribution in [2.75, 3.05) is 0 Å². The molecule has 1 N–H and O–H groups in total. The quantitative estimate of drug-likeness (QED) is 0.928. The molecule has 0 heterocycles. The van der Waals surface area contributed by atoms with Crippen LogP contribution in [0.15, 0.2) is 42.5 Å². The highest BCUT2D eigenvalue weighted by molar-refractivity contribution is 5.33. The summed E-state index contributed by atoms with van der Waals surface area (Å²) >= 11 is 0. The average Bonchev–Trinajstić information content (AvgIpc) is 2.46. The van der Waals surface area contributed by atoms with Gasteiger partial charge in [0.2, 0.25) is 0 Å². The first-order chi connectivity index (χ1) is 9.60. The molecule has 0 amide bonds. The van der Waals surface area contributed by atoms with E-state index in [0.29, 0.717) is 11.3 Å². The minimum Gasteiger partial charge on any atom is -0.489 e. The number of ether oxygens (including phenoxy) is 1. The van der Waals surface area contributed by atoms with Gasteiger partial charge in [-0.2, -0.15) is 5.26 Å². The highest BCUT2D eigenvalue weighted by Crippen LogP contribution is 2.19. The van der Waals surface area contributed by atoms with Crippen LogP contribution in [0.5, 0.6) is 5.75 Å². The fourth-order valence-electron chi connectivity index (χ4n) is 1.74. The van der Waals surface area contributed by atoms with E-state index in [4.69, 9.17) is 10.00 Å². The number of aliphatic hydroxyl groups excluding tert-OH is 1. The zero-order chi connectivity index (χ0) is 14.5. The predicted molar refractivity (Wildman–Crippen MR) is 72.5 cm³/mol. The minimum absolute atomic E-state index is 0.0889. The van der Waals surface area contributed by atoms with E-state index in [0.717, 1.165) is 5.56 Å². The molecular formula is C16H14FNO2. The molecule has 0 radical (unpaired) electrons. The van der Waals surface area contributed by atoms with Gasteiger partial charge in [-0.05, 0) is 36.8 Å². The van der Waals surface area contributed by atoms with Crippen molar-refractivity contribution in [1.29, 1.82) is 5.26 Å². The largest absolute Gasteiger partial charge is 0.489 e. The molecular weight excluding hydrogens is 257 g/mol. The summed E-state index contributed by atoms with van der Waals surface area (Å²) in [5, 5.41) is 18.1. The molecule has 1 atom stereocenters. The summed E-state index contributed by atoms with van der Waals surface area (Å²) < 4.78 is 19.1. The first kappa shape index (κ1) is 14.0. The third-order valence-electron chi connectivity index (χ3n) is 2.94. The summed E-state index contributed by atoms with van der Waals surface area (Å²) in [4.78, 5) is 0. The fraction of sp³-hybridized carbons (Fsp3) is 0.188. The molecule has 102 valence electrons. The number of benzene rings is 2. The molecule has 0 aliphatic heterocycles. The molecule has 4 heteroatoms. The second-order valence-corrected chi connectivity index (χ2v) is 4.45. The monoisotopic (exact) mass is 271 g/mol. The summed E-state index contributed by atoms with van der Waals surface area (Å²) in [7, 11) is 0. The van der Waals surface area contributed by atoms with Crippen LogP contribution in [0.25, 0.3) is 0 Å². The number of halogens is 1. The van der Waals surface area contributed by atoms with Crippen molar-refractivity contribution in [2.45, 2.75) is 19.6 Å². The van der Waals surface area contributed by atoms with Gasteiger partial charge in [-0.1, -0.05) is 18.2 Å². The molecule has 2 aromatic rings. The molecule has 20 heavy (non-hydrogen) atoms. The molecule has 0 bridgehead atoms. The molecule has 0 aliphatic carbocycles. The zero-order valence-electron chi connectivity index (χ0n) is 11.0. The van der Waals surface area contributed by atoms with Gasteiger partial charge in [0.1, 0.15) is 18.2 Å². The third kappa shape index (κ3) is 3.34. The Bertz CT molecular complexity index is 630. The highest BCUT2D eigenvalue weighted by atomic mass is 19.1. The van der Waals surface area contributed by atoms with E-state index in [1.165, 1.54) is 12.1 Å². The fourth-order valence-corrected chi connectivity index (χ4v) is 1.74. The van der Waals surface area contributed by atoms with Crippen LogP contribution in [0.1, 0.15) is 29.7 Å². The number of aliphatic hydroxyl groups is 1. The van der Waals surface area contributed by atoms with E-state index < -0.39 is 11.9 Å². The smallest absolute Gasteiger partial charge is 0.131 e.